The third kappa shape index (κ3) is 3.14. The summed E-state index contributed by atoms with van der Waals surface area (Å²) in [4.78, 5) is 16.9. The van der Waals surface area contributed by atoms with Gasteiger partial charge in [0.2, 0.25) is 0 Å². The van der Waals surface area contributed by atoms with Gasteiger partial charge >= 0.3 is 0 Å². The summed E-state index contributed by atoms with van der Waals surface area (Å²) in [5, 5.41) is 0. The Hall–Kier alpha value is -1.51. The van der Waals surface area contributed by atoms with Crippen LogP contribution < -0.4 is 4.90 Å². The molecule has 1 aliphatic heterocycles. The van der Waals surface area contributed by atoms with E-state index in [1.807, 2.05) is 17.0 Å². The zero-order valence-corrected chi connectivity index (χ0v) is 12.9. The Morgan fingerprint density at radius 3 is 2.40 bits per heavy atom. The van der Waals surface area contributed by atoms with Gasteiger partial charge in [0.05, 0.1) is 0 Å². The average Bonchev–Trinajstić information content (AvgIpc) is 2.49. The van der Waals surface area contributed by atoms with E-state index in [2.05, 4.69) is 37.8 Å². The highest BCUT2D eigenvalue weighted by molar-refractivity contribution is 5.94. The van der Waals surface area contributed by atoms with Crippen molar-refractivity contribution in [2.45, 2.75) is 46.1 Å². The van der Waals surface area contributed by atoms with Crippen LogP contribution in [0.4, 0.5) is 5.69 Å². The topological polar surface area (TPSA) is 23.6 Å². The number of rotatable bonds is 4. The molecule has 3 nitrogen and oxygen atoms in total. The second kappa shape index (κ2) is 6.78. The van der Waals surface area contributed by atoms with Crippen molar-refractivity contribution in [3.63, 3.8) is 0 Å². The molecule has 1 saturated heterocycles. The van der Waals surface area contributed by atoms with Crippen molar-refractivity contribution in [2.24, 2.45) is 0 Å². The van der Waals surface area contributed by atoms with Gasteiger partial charge in [0.1, 0.15) is 0 Å². The van der Waals surface area contributed by atoms with Gasteiger partial charge in [-0.1, -0.05) is 0 Å². The first-order valence-corrected chi connectivity index (χ1v) is 7.83. The molecule has 1 atom stereocenters. The minimum Gasteiger partial charge on any atom is -0.372 e. The Labute approximate surface area is 122 Å². The molecule has 3 heteroatoms. The summed E-state index contributed by atoms with van der Waals surface area (Å²) in [7, 11) is 0. The largest absolute Gasteiger partial charge is 0.372 e. The van der Waals surface area contributed by atoms with E-state index >= 15 is 0 Å². The second-order valence-electron chi connectivity index (χ2n) is 5.56. The molecule has 0 bridgehead atoms. The van der Waals surface area contributed by atoms with E-state index in [1.165, 1.54) is 12.1 Å². The van der Waals surface area contributed by atoms with E-state index in [0.29, 0.717) is 6.04 Å². The summed E-state index contributed by atoms with van der Waals surface area (Å²) in [5.41, 5.74) is 2.01. The summed E-state index contributed by atoms with van der Waals surface area (Å²) in [6.45, 7) is 9.34. The van der Waals surface area contributed by atoms with Crippen molar-refractivity contribution in [1.82, 2.24) is 4.90 Å². The molecule has 0 radical (unpaired) electrons. The Morgan fingerprint density at radius 1 is 1.20 bits per heavy atom. The van der Waals surface area contributed by atoms with E-state index in [4.69, 9.17) is 0 Å². The highest BCUT2D eigenvalue weighted by atomic mass is 16.2. The van der Waals surface area contributed by atoms with Crippen molar-refractivity contribution in [1.29, 1.82) is 0 Å². The summed E-state index contributed by atoms with van der Waals surface area (Å²) in [6, 6.07) is 8.44. The molecule has 20 heavy (non-hydrogen) atoms. The number of hydrogen-bond donors (Lipinski definition) is 0. The number of anilines is 1. The van der Waals surface area contributed by atoms with Gasteiger partial charge in [0, 0.05) is 36.9 Å². The molecule has 0 spiro atoms. The minimum atomic E-state index is 0.184. The smallest absolute Gasteiger partial charge is 0.254 e. The first kappa shape index (κ1) is 14.9. The van der Waals surface area contributed by atoms with Gasteiger partial charge in [-0.25, -0.2) is 0 Å². The van der Waals surface area contributed by atoms with Crippen LogP contribution in [0.2, 0.25) is 0 Å². The fraction of sp³-hybridized carbons (Fsp3) is 0.588. The van der Waals surface area contributed by atoms with Gasteiger partial charge in [-0.2, -0.15) is 0 Å². The standard InChI is InChI=1S/C17H26N2O/c1-4-18(5-2)16-11-9-15(10-12-16)17(20)19-13-7-6-8-14(19)3/h9-12,14H,4-8,13H2,1-3H3/t14-/m1/s1. The van der Waals surface area contributed by atoms with Crippen LogP contribution in [0.5, 0.6) is 0 Å². The number of likely N-dealkylation sites (tertiary alicyclic amines) is 1. The molecular weight excluding hydrogens is 248 g/mol. The fourth-order valence-corrected chi connectivity index (χ4v) is 2.97. The van der Waals surface area contributed by atoms with Gasteiger partial charge in [-0.15, -0.1) is 0 Å². The van der Waals surface area contributed by atoms with E-state index in [9.17, 15) is 4.79 Å². The predicted molar refractivity (Wildman–Crippen MR) is 84.4 cm³/mol. The van der Waals surface area contributed by atoms with Crippen LogP contribution in [0.25, 0.3) is 0 Å². The summed E-state index contributed by atoms with van der Waals surface area (Å²) >= 11 is 0. The zero-order chi connectivity index (χ0) is 14.5. The van der Waals surface area contributed by atoms with Crippen LogP contribution in [0.3, 0.4) is 0 Å². The van der Waals surface area contributed by atoms with Crippen molar-refractivity contribution in [3.8, 4) is 0 Å². The number of carbonyl (C=O) groups is 1. The third-order valence-corrected chi connectivity index (χ3v) is 4.31. The van der Waals surface area contributed by atoms with E-state index in [1.54, 1.807) is 0 Å². The number of piperidine rings is 1. The van der Waals surface area contributed by atoms with E-state index < -0.39 is 0 Å². The SMILES string of the molecule is CCN(CC)c1ccc(C(=O)N2CCCC[C@H]2C)cc1. The van der Waals surface area contributed by atoms with E-state index in [0.717, 1.165) is 38.0 Å². The van der Waals surface area contributed by atoms with Crippen molar-refractivity contribution in [2.75, 3.05) is 24.5 Å². The number of hydrogen-bond acceptors (Lipinski definition) is 2. The maximum absolute atomic E-state index is 12.5. The first-order chi connectivity index (χ1) is 9.67. The van der Waals surface area contributed by atoms with Crippen molar-refractivity contribution in [3.05, 3.63) is 29.8 Å². The molecule has 1 fully saturated rings. The second-order valence-corrected chi connectivity index (χ2v) is 5.56. The van der Waals surface area contributed by atoms with E-state index in [-0.39, 0.29) is 5.91 Å². The van der Waals surface area contributed by atoms with Crippen LogP contribution in [-0.2, 0) is 0 Å². The first-order valence-electron chi connectivity index (χ1n) is 7.83. The fourth-order valence-electron chi connectivity index (χ4n) is 2.97. The molecular formula is C17H26N2O. The summed E-state index contributed by atoms with van der Waals surface area (Å²) < 4.78 is 0. The molecule has 110 valence electrons. The van der Waals surface area contributed by atoms with Crippen molar-refractivity contribution >= 4 is 11.6 Å². The van der Waals surface area contributed by atoms with Crippen LogP contribution in [0.1, 0.15) is 50.4 Å². The molecule has 1 heterocycles. The molecule has 1 amide bonds. The molecule has 1 aromatic carbocycles. The van der Waals surface area contributed by atoms with Gasteiger partial charge in [0.15, 0.2) is 0 Å². The van der Waals surface area contributed by atoms with Crippen molar-refractivity contribution < 1.29 is 4.79 Å². The molecule has 0 aromatic heterocycles. The predicted octanol–water partition coefficient (Wildman–Crippen LogP) is 3.55. The van der Waals surface area contributed by atoms with Crippen LogP contribution in [0.15, 0.2) is 24.3 Å². The third-order valence-electron chi connectivity index (χ3n) is 4.31. The lowest BCUT2D eigenvalue weighted by atomic mass is 10.0. The Morgan fingerprint density at radius 2 is 1.85 bits per heavy atom. The van der Waals surface area contributed by atoms with Crippen LogP contribution in [-0.4, -0.2) is 36.5 Å². The molecule has 0 saturated carbocycles. The number of benzene rings is 1. The summed E-state index contributed by atoms with van der Waals surface area (Å²) in [5.74, 6) is 0.184. The normalized spacial score (nSPS) is 18.9. The molecule has 1 aliphatic rings. The average molecular weight is 274 g/mol. The molecule has 2 rings (SSSR count). The quantitative estimate of drug-likeness (QED) is 0.838. The number of carbonyl (C=O) groups excluding carboxylic acids is 1. The molecule has 0 aliphatic carbocycles. The minimum absolute atomic E-state index is 0.184. The number of nitrogens with zero attached hydrogens (tertiary/aromatic N) is 2. The van der Waals surface area contributed by atoms with Gasteiger partial charge in [-0.3, -0.25) is 4.79 Å². The highest BCUT2D eigenvalue weighted by Crippen LogP contribution is 2.21. The molecule has 1 aromatic rings. The lowest BCUT2D eigenvalue weighted by Crippen LogP contribution is -2.42. The highest BCUT2D eigenvalue weighted by Gasteiger charge is 2.24. The Balaban J connectivity index is 2.11. The molecule has 0 N–H and O–H groups in total. The van der Waals surface area contributed by atoms with Gasteiger partial charge < -0.3 is 9.80 Å². The molecule has 0 unspecified atom stereocenters. The number of amides is 1. The van der Waals surface area contributed by atoms with Gasteiger partial charge in [0.25, 0.3) is 5.91 Å². The Bertz CT molecular complexity index is 437. The van der Waals surface area contributed by atoms with Crippen LogP contribution in [0, 0.1) is 0 Å². The monoisotopic (exact) mass is 274 g/mol. The lowest BCUT2D eigenvalue weighted by Gasteiger charge is -2.33. The summed E-state index contributed by atoms with van der Waals surface area (Å²) in [6.07, 6.45) is 3.50. The van der Waals surface area contributed by atoms with Crippen LogP contribution >= 0.6 is 0 Å². The Kier molecular flexibility index (Phi) is 5.05. The maximum atomic E-state index is 12.5. The lowest BCUT2D eigenvalue weighted by molar-refractivity contribution is 0.0635. The van der Waals surface area contributed by atoms with Gasteiger partial charge in [-0.05, 0) is 64.3 Å². The zero-order valence-electron chi connectivity index (χ0n) is 12.9. The maximum Gasteiger partial charge on any atom is 0.254 e.